The Kier molecular flexibility index (Phi) is 8.79. The molecule has 4 rings (SSSR count). The molecule has 2 unspecified atom stereocenters. The van der Waals surface area contributed by atoms with E-state index in [1.54, 1.807) is 18.2 Å². The maximum Gasteiger partial charge on any atom is 0.248 e. The van der Waals surface area contributed by atoms with E-state index in [2.05, 4.69) is 45.3 Å². The monoisotopic (exact) mass is 560 g/mol. The second-order valence-corrected chi connectivity index (χ2v) is 10.6. The summed E-state index contributed by atoms with van der Waals surface area (Å²) >= 11 is 3.44. The minimum atomic E-state index is -0.269. The molecular weight excluding hydrogens is 528 g/mol. The fourth-order valence-corrected chi connectivity index (χ4v) is 4.98. The zero-order valence-electron chi connectivity index (χ0n) is 21.2. The van der Waals surface area contributed by atoms with Crippen molar-refractivity contribution >= 4 is 50.9 Å². The van der Waals surface area contributed by atoms with Gasteiger partial charge in [-0.15, -0.1) is 0 Å². The number of likely N-dealkylation sites (tertiary alicyclic amines) is 1. The summed E-state index contributed by atoms with van der Waals surface area (Å²) in [6.45, 7) is 6.28. The van der Waals surface area contributed by atoms with Gasteiger partial charge >= 0.3 is 0 Å². The Morgan fingerprint density at radius 3 is 2.35 bits per heavy atom. The molecule has 3 aromatic carbocycles. The zero-order valence-corrected chi connectivity index (χ0v) is 22.7. The molecule has 3 aromatic rings. The van der Waals surface area contributed by atoms with E-state index in [1.807, 2.05) is 60.7 Å². The number of para-hydroxylation sites is 2. The zero-order chi connectivity index (χ0) is 26.4. The topological polar surface area (TPSA) is 87.5 Å². The van der Waals surface area contributed by atoms with Gasteiger partial charge in [-0.2, -0.15) is 0 Å². The number of nitrogens with one attached hydrogen (secondary N) is 2. The molecule has 2 atom stereocenters. The predicted octanol–water partition coefficient (Wildman–Crippen LogP) is 6.14. The largest absolute Gasteiger partial charge is 0.397 e. The van der Waals surface area contributed by atoms with Crippen molar-refractivity contribution in [3.8, 4) is 0 Å². The normalized spacial score (nSPS) is 16.7. The van der Waals surface area contributed by atoms with Crippen LogP contribution < -0.4 is 16.4 Å². The Bertz CT molecular complexity index is 1260. The minimum Gasteiger partial charge on any atom is -0.397 e. The quantitative estimate of drug-likeness (QED) is 0.228. The molecule has 6 nitrogen and oxygen atoms in total. The van der Waals surface area contributed by atoms with E-state index in [0.29, 0.717) is 17.4 Å². The van der Waals surface area contributed by atoms with E-state index in [4.69, 9.17) is 5.73 Å². The fourth-order valence-electron chi connectivity index (χ4n) is 4.72. The number of nitrogens with two attached hydrogens (primary N) is 1. The van der Waals surface area contributed by atoms with Crippen LogP contribution in [0.5, 0.6) is 0 Å². The first kappa shape index (κ1) is 26.6. The van der Waals surface area contributed by atoms with E-state index < -0.39 is 0 Å². The van der Waals surface area contributed by atoms with Crippen LogP contribution >= 0.6 is 15.9 Å². The van der Waals surface area contributed by atoms with Crippen LogP contribution in [0.15, 0.2) is 83.3 Å². The summed E-state index contributed by atoms with van der Waals surface area (Å²) in [5.74, 6) is -0.300. The number of benzene rings is 3. The van der Waals surface area contributed by atoms with Gasteiger partial charge < -0.3 is 21.3 Å². The third-order valence-electron chi connectivity index (χ3n) is 6.79. The highest BCUT2D eigenvalue weighted by Gasteiger charge is 2.35. The average molecular weight is 562 g/mol. The lowest BCUT2D eigenvalue weighted by molar-refractivity contribution is -0.118. The number of amides is 2. The van der Waals surface area contributed by atoms with Gasteiger partial charge in [-0.05, 0) is 86.3 Å². The smallest absolute Gasteiger partial charge is 0.248 e. The number of hydrogen-bond acceptors (Lipinski definition) is 4. The van der Waals surface area contributed by atoms with Crippen LogP contribution in [-0.4, -0.2) is 35.8 Å². The lowest BCUT2D eigenvalue weighted by Crippen LogP contribution is -2.32. The molecule has 0 aliphatic carbocycles. The van der Waals surface area contributed by atoms with Crippen molar-refractivity contribution in [1.82, 2.24) is 4.90 Å². The molecule has 7 heteroatoms. The Morgan fingerprint density at radius 2 is 1.70 bits per heavy atom. The molecule has 0 aromatic heterocycles. The highest BCUT2D eigenvalue weighted by Crippen LogP contribution is 2.34. The molecule has 1 saturated heterocycles. The third-order valence-corrected chi connectivity index (χ3v) is 7.32. The number of carbonyl (C=O) groups is 2. The first-order valence-electron chi connectivity index (χ1n) is 12.5. The number of rotatable bonds is 8. The van der Waals surface area contributed by atoms with Crippen molar-refractivity contribution in [3.05, 3.63) is 94.5 Å². The van der Waals surface area contributed by atoms with Gasteiger partial charge in [-0.1, -0.05) is 52.3 Å². The second-order valence-electron chi connectivity index (χ2n) is 9.69. The molecule has 37 heavy (non-hydrogen) atoms. The summed E-state index contributed by atoms with van der Waals surface area (Å²) in [5.41, 5.74) is 9.63. The van der Waals surface area contributed by atoms with Crippen LogP contribution in [0.25, 0.3) is 6.08 Å². The van der Waals surface area contributed by atoms with Gasteiger partial charge in [0.05, 0.1) is 17.3 Å². The van der Waals surface area contributed by atoms with Crippen molar-refractivity contribution in [2.75, 3.05) is 29.5 Å². The highest BCUT2D eigenvalue weighted by atomic mass is 79.9. The molecule has 2 amide bonds. The fraction of sp³-hybridized carbons (Fsp3) is 0.267. The Labute approximate surface area is 227 Å². The number of nitrogen functional groups attached to an aromatic ring is 1. The van der Waals surface area contributed by atoms with E-state index in [-0.39, 0.29) is 23.7 Å². The lowest BCUT2D eigenvalue weighted by atomic mass is 9.84. The number of carbonyl (C=O) groups excluding carboxylic acids is 2. The average Bonchev–Trinajstić information content (AvgIpc) is 3.37. The molecule has 0 spiro atoms. The molecule has 192 valence electrons. The molecule has 0 bridgehead atoms. The molecule has 0 saturated carbocycles. The molecule has 1 fully saturated rings. The molecule has 1 aliphatic heterocycles. The SMILES string of the molecule is CC(C)N1CCC(C(C(=O)Nc2ccc(Br)cc2)c2ccc(/C=C/C(=O)Nc3ccccc3N)cc2)C1. The van der Waals surface area contributed by atoms with Crippen molar-refractivity contribution in [3.63, 3.8) is 0 Å². The Morgan fingerprint density at radius 1 is 1.00 bits per heavy atom. The van der Waals surface area contributed by atoms with E-state index in [1.165, 1.54) is 6.08 Å². The predicted molar refractivity (Wildman–Crippen MR) is 155 cm³/mol. The van der Waals surface area contributed by atoms with Crippen LogP contribution in [0, 0.1) is 5.92 Å². The van der Waals surface area contributed by atoms with Crippen LogP contribution in [0.4, 0.5) is 17.1 Å². The molecule has 0 radical (unpaired) electrons. The van der Waals surface area contributed by atoms with Crippen molar-refractivity contribution in [2.24, 2.45) is 5.92 Å². The Hall–Kier alpha value is -3.42. The van der Waals surface area contributed by atoms with Crippen LogP contribution in [0.3, 0.4) is 0 Å². The van der Waals surface area contributed by atoms with Gasteiger partial charge in [-0.25, -0.2) is 0 Å². The van der Waals surface area contributed by atoms with Crippen LogP contribution in [0.2, 0.25) is 0 Å². The highest BCUT2D eigenvalue weighted by molar-refractivity contribution is 9.10. The van der Waals surface area contributed by atoms with Gasteiger partial charge in [0.2, 0.25) is 11.8 Å². The van der Waals surface area contributed by atoms with Crippen molar-refractivity contribution in [1.29, 1.82) is 0 Å². The Balaban J connectivity index is 1.49. The van der Waals surface area contributed by atoms with Crippen molar-refractivity contribution < 1.29 is 9.59 Å². The van der Waals surface area contributed by atoms with Gasteiger partial charge in [0.25, 0.3) is 0 Å². The maximum absolute atomic E-state index is 13.5. The van der Waals surface area contributed by atoms with E-state index in [9.17, 15) is 9.59 Å². The maximum atomic E-state index is 13.5. The third kappa shape index (κ3) is 7.08. The van der Waals surface area contributed by atoms with Crippen molar-refractivity contribution in [2.45, 2.75) is 32.2 Å². The summed E-state index contributed by atoms with van der Waals surface area (Å²) in [4.78, 5) is 28.3. The molecule has 1 heterocycles. The standard InChI is InChI=1S/C30H33BrN4O2/c1-20(2)35-18-17-23(19-35)29(30(37)33-25-14-12-24(31)13-15-25)22-10-7-21(8-11-22)9-16-28(36)34-27-6-4-3-5-26(27)32/h3-16,20,23,29H,17-19,32H2,1-2H3,(H,33,37)(H,34,36)/b16-9+. The van der Waals surface area contributed by atoms with Gasteiger partial charge in [0.1, 0.15) is 0 Å². The lowest BCUT2D eigenvalue weighted by Gasteiger charge is -2.25. The first-order chi connectivity index (χ1) is 17.8. The molecule has 1 aliphatic rings. The second kappa shape index (κ2) is 12.2. The van der Waals surface area contributed by atoms with Crippen LogP contribution in [-0.2, 0) is 9.59 Å². The van der Waals surface area contributed by atoms with Gasteiger partial charge in [0, 0.05) is 28.8 Å². The number of nitrogens with zero attached hydrogens (tertiary/aromatic N) is 1. The molecular formula is C30H33BrN4O2. The minimum absolute atomic E-state index is 0.000971. The van der Waals surface area contributed by atoms with E-state index >= 15 is 0 Å². The van der Waals surface area contributed by atoms with Gasteiger partial charge in [0.15, 0.2) is 0 Å². The molecule has 4 N–H and O–H groups in total. The number of anilines is 3. The van der Waals surface area contributed by atoms with Crippen LogP contribution in [0.1, 0.15) is 37.3 Å². The summed E-state index contributed by atoms with van der Waals surface area (Å²) in [6.07, 6.45) is 4.21. The van der Waals surface area contributed by atoms with Gasteiger partial charge in [-0.3, -0.25) is 9.59 Å². The van der Waals surface area contributed by atoms with E-state index in [0.717, 1.165) is 40.8 Å². The number of hydrogen-bond donors (Lipinski definition) is 3. The summed E-state index contributed by atoms with van der Waals surface area (Å²) in [6, 6.07) is 23.1. The summed E-state index contributed by atoms with van der Waals surface area (Å²) < 4.78 is 0.968. The summed E-state index contributed by atoms with van der Waals surface area (Å²) in [7, 11) is 0. The summed E-state index contributed by atoms with van der Waals surface area (Å²) in [5, 5.41) is 5.91. The first-order valence-corrected chi connectivity index (χ1v) is 13.3. The number of halogens is 1.